The monoisotopic (exact) mass is 489 g/mol. The van der Waals surface area contributed by atoms with Crippen molar-refractivity contribution in [2.75, 3.05) is 12.0 Å². The summed E-state index contributed by atoms with van der Waals surface area (Å²) in [6.45, 7) is 2.01. The highest BCUT2D eigenvalue weighted by molar-refractivity contribution is 9.10. The average molecular weight is 490 g/mol. The van der Waals surface area contributed by atoms with Crippen LogP contribution in [0.5, 0.6) is 11.5 Å². The van der Waals surface area contributed by atoms with E-state index in [1.165, 1.54) is 7.11 Å². The molecule has 1 aliphatic rings. The number of methoxy groups -OCH3 is 1. The predicted molar refractivity (Wildman–Crippen MR) is 126 cm³/mol. The number of ether oxygens (including phenoxy) is 1. The molecule has 0 radical (unpaired) electrons. The van der Waals surface area contributed by atoms with Gasteiger partial charge in [0, 0.05) is 21.3 Å². The van der Waals surface area contributed by atoms with E-state index in [-0.39, 0.29) is 11.7 Å². The number of hydrogen-bond donors (Lipinski definition) is 2. The minimum absolute atomic E-state index is 0.0445. The smallest absolute Gasteiger partial charge is 0.277 e. The van der Waals surface area contributed by atoms with Crippen LogP contribution >= 0.6 is 15.9 Å². The third kappa shape index (κ3) is 3.26. The Hall–Kier alpha value is -3.58. The van der Waals surface area contributed by atoms with Gasteiger partial charge in [0.25, 0.3) is 5.91 Å². The van der Waals surface area contributed by atoms with Gasteiger partial charge in [0.1, 0.15) is 5.69 Å². The molecule has 1 amide bonds. The summed E-state index contributed by atoms with van der Waals surface area (Å²) in [6.07, 6.45) is 0. The number of aromatic hydroxyl groups is 1. The number of rotatable bonds is 4. The fourth-order valence-electron chi connectivity index (χ4n) is 4.13. The number of aromatic nitrogens is 2. The highest BCUT2D eigenvalue weighted by Gasteiger charge is 2.43. The quantitative estimate of drug-likeness (QED) is 0.390. The number of nitrogens with one attached hydrogen (secondary N) is 1. The molecule has 0 spiro atoms. The molecule has 2 heterocycles. The number of amides is 1. The Balaban J connectivity index is 1.73. The van der Waals surface area contributed by atoms with E-state index in [0.29, 0.717) is 17.1 Å². The third-order valence-electron chi connectivity index (χ3n) is 5.72. The maximum Gasteiger partial charge on any atom is 0.277 e. The van der Waals surface area contributed by atoms with E-state index in [0.717, 1.165) is 32.4 Å². The molecule has 0 bridgehead atoms. The summed E-state index contributed by atoms with van der Waals surface area (Å²) in [5.74, 6) is 0.237. The number of carbonyl (C=O) groups excluding carboxylic acids is 1. The van der Waals surface area contributed by atoms with Gasteiger partial charge in [0.2, 0.25) is 0 Å². The van der Waals surface area contributed by atoms with Crippen LogP contribution in [0.2, 0.25) is 0 Å². The topological polar surface area (TPSA) is 78.5 Å². The van der Waals surface area contributed by atoms with E-state index in [1.807, 2.05) is 61.5 Å². The summed E-state index contributed by atoms with van der Waals surface area (Å²) in [7, 11) is 1.51. The number of halogens is 1. The number of carbonyl (C=O) groups is 1. The summed E-state index contributed by atoms with van der Waals surface area (Å²) in [6, 6.07) is 20.4. The number of nitrogens with zero attached hydrogens (tertiary/aromatic N) is 2. The lowest BCUT2D eigenvalue weighted by atomic mass is 9.95. The van der Waals surface area contributed by atoms with Crippen molar-refractivity contribution in [1.29, 1.82) is 0 Å². The fourth-order valence-corrected chi connectivity index (χ4v) is 4.39. The molecule has 0 saturated heterocycles. The van der Waals surface area contributed by atoms with Gasteiger partial charge in [-0.2, -0.15) is 5.10 Å². The van der Waals surface area contributed by atoms with E-state index in [2.05, 4.69) is 26.1 Å². The van der Waals surface area contributed by atoms with Crippen LogP contribution < -0.4 is 9.64 Å². The highest BCUT2D eigenvalue weighted by atomic mass is 79.9. The number of benzene rings is 3. The van der Waals surface area contributed by atoms with E-state index in [1.54, 1.807) is 17.0 Å². The van der Waals surface area contributed by atoms with Crippen LogP contribution in [-0.2, 0) is 0 Å². The number of aromatic amines is 1. The van der Waals surface area contributed by atoms with Crippen molar-refractivity contribution in [3.8, 4) is 22.8 Å². The first-order valence-corrected chi connectivity index (χ1v) is 10.9. The molecule has 0 saturated carbocycles. The van der Waals surface area contributed by atoms with Gasteiger partial charge in [0.15, 0.2) is 11.5 Å². The van der Waals surface area contributed by atoms with Crippen LogP contribution in [0.15, 0.2) is 71.2 Å². The number of anilines is 1. The van der Waals surface area contributed by atoms with Gasteiger partial charge in [-0.05, 0) is 48.9 Å². The first-order valence-electron chi connectivity index (χ1n) is 10.1. The van der Waals surface area contributed by atoms with Gasteiger partial charge >= 0.3 is 0 Å². The van der Waals surface area contributed by atoms with Crippen LogP contribution in [0.1, 0.15) is 33.2 Å². The van der Waals surface area contributed by atoms with Crippen LogP contribution in [0.25, 0.3) is 11.3 Å². The number of hydrogen-bond acceptors (Lipinski definition) is 4. The lowest BCUT2D eigenvalue weighted by Gasteiger charge is -2.27. The molecule has 4 aromatic rings. The van der Waals surface area contributed by atoms with Crippen molar-refractivity contribution in [2.45, 2.75) is 13.0 Å². The number of H-pyrrole nitrogens is 1. The Morgan fingerprint density at radius 1 is 1.06 bits per heavy atom. The minimum atomic E-state index is -0.438. The Bertz CT molecular complexity index is 1310. The van der Waals surface area contributed by atoms with Crippen molar-refractivity contribution in [3.05, 3.63) is 93.6 Å². The van der Waals surface area contributed by atoms with E-state index in [4.69, 9.17) is 4.74 Å². The molecule has 160 valence electrons. The van der Waals surface area contributed by atoms with E-state index < -0.39 is 6.04 Å². The molecule has 1 aromatic heterocycles. The fraction of sp³-hybridized carbons (Fsp3) is 0.120. The SMILES string of the molecule is COc1cc([C@@H]2c3c(-c4ccc(Br)cc4)n[nH]c3C(=O)N2c2ccc(C)cc2)ccc1O. The second-order valence-corrected chi connectivity index (χ2v) is 8.63. The Labute approximate surface area is 193 Å². The lowest BCUT2D eigenvalue weighted by Crippen LogP contribution is -2.29. The van der Waals surface area contributed by atoms with Gasteiger partial charge < -0.3 is 9.84 Å². The number of fused-ring (bicyclic) bond motifs is 1. The molecule has 32 heavy (non-hydrogen) atoms. The zero-order chi connectivity index (χ0) is 22.4. The van der Waals surface area contributed by atoms with Gasteiger partial charge in [-0.15, -0.1) is 0 Å². The third-order valence-corrected chi connectivity index (χ3v) is 6.25. The predicted octanol–water partition coefficient (Wildman–Crippen LogP) is 5.61. The molecule has 1 atom stereocenters. The summed E-state index contributed by atoms with van der Waals surface area (Å²) in [4.78, 5) is 15.3. The summed E-state index contributed by atoms with van der Waals surface area (Å²) in [5, 5.41) is 17.6. The maximum absolute atomic E-state index is 13.6. The van der Waals surface area contributed by atoms with Crippen LogP contribution in [0.4, 0.5) is 5.69 Å². The standard InChI is InChI=1S/C25H20BrN3O3/c1-14-3-10-18(11-4-14)29-24(16-7-12-19(30)20(13-16)32-2)21-22(27-28-23(21)25(29)31)15-5-8-17(26)9-6-15/h3-13,24,30H,1-2H3,(H,27,28)/t24-/m1/s1. The van der Waals surface area contributed by atoms with Crippen LogP contribution in [0, 0.1) is 6.92 Å². The number of aryl methyl sites for hydroxylation is 1. The molecule has 3 aromatic carbocycles. The largest absolute Gasteiger partial charge is 0.504 e. The van der Waals surface area contributed by atoms with Gasteiger partial charge in [-0.3, -0.25) is 14.8 Å². The number of phenolic OH excluding ortho intramolecular Hbond substituents is 1. The number of phenols is 1. The highest BCUT2D eigenvalue weighted by Crippen LogP contribution is 2.46. The Morgan fingerprint density at radius 2 is 1.78 bits per heavy atom. The van der Waals surface area contributed by atoms with Crippen LogP contribution in [0.3, 0.4) is 0 Å². The second kappa shape index (κ2) is 7.84. The molecule has 0 unspecified atom stereocenters. The average Bonchev–Trinajstić information content (AvgIpc) is 3.35. The van der Waals surface area contributed by atoms with Crippen molar-refractivity contribution in [1.82, 2.24) is 10.2 Å². The van der Waals surface area contributed by atoms with Gasteiger partial charge in [-0.25, -0.2) is 0 Å². The maximum atomic E-state index is 13.6. The molecule has 6 nitrogen and oxygen atoms in total. The molecular formula is C25H20BrN3O3. The van der Waals surface area contributed by atoms with Crippen molar-refractivity contribution < 1.29 is 14.6 Å². The van der Waals surface area contributed by atoms with Gasteiger partial charge in [-0.1, -0.05) is 51.8 Å². The normalized spacial score (nSPS) is 15.2. The van der Waals surface area contributed by atoms with E-state index >= 15 is 0 Å². The second-order valence-electron chi connectivity index (χ2n) is 7.71. The summed E-state index contributed by atoms with van der Waals surface area (Å²) < 4.78 is 6.31. The lowest BCUT2D eigenvalue weighted by molar-refractivity contribution is 0.0988. The Morgan fingerprint density at radius 3 is 2.47 bits per heavy atom. The first kappa shape index (κ1) is 20.3. The molecule has 7 heteroatoms. The zero-order valence-electron chi connectivity index (χ0n) is 17.5. The van der Waals surface area contributed by atoms with Crippen molar-refractivity contribution in [2.24, 2.45) is 0 Å². The minimum Gasteiger partial charge on any atom is -0.504 e. The summed E-state index contributed by atoms with van der Waals surface area (Å²) >= 11 is 3.47. The van der Waals surface area contributed by atoms with Crippen molar-refractivity contribution >= 4 is 27.5 Å². The molecule has 2 N–H and O–H groups in total. The van der Waals surface area contributed by atoms with Crippen molar-refractivity contribution in [3.63, 3.8) is 0 Å². The Kier molecular flexibility index (Phi) is 4.98. The first-order chi connectivity index (χ1) is 15.5. The molecule has 0 fully saturated rings. The molecule has 5 rings (SSSR count). The summed E-state index contributed by atoms with van der Waals surface area (Å²) in [5.41, 5.74) is 5.58. The molecule has 0 aliphatic carbocycles. The van der Waals surface area contributed by atoms with Crippen LogP contribution in [-0.4, -0.2) is 28.3 Å². The van der Waals surface area contributed by atoms with Gasteiger partial charge in [0.05, 0.1) is 18.8 Å². The zero-order valence-corrected chi connectivity index (χ0v) is 19.1. The molecule has 1 aliphatic heterocycles. The van der Waals surface area contributed by atoms with E-state index in [9.17, 15) is 9.90 Å². The molecular weight excluding hydrogens is 470 g/mol.